The molecule has 1 aliphatic carbocycles. The molecular weight excluding hydrogens is 214 g/mol. The van der Waals surface area contributed by atoms with E-state index in [0.29, 0.717) is 12.6 Å². The summed E-state index contributed by atoms with van der Waals surface area (Å²) >= 11 is 0. The second-order valence-corrected chi connectivity index (χ2v) is 4.60. The molecule has 0 amide bonds. The molecule has 2 rings (SSSR count). The van der Waals surface area contributed by atoms with Gasteiger partial charge in [-0.2, -0.15) is 5.48 Å². The average Bonchev–Trinajstić information content (AvgIpc) is 2.81. The van der Waals surface area contributed by atoms with E-state index in [4.69, 9.17) is 9.57 Å². The molecule has 0 aromatic heterocycles. The summed E-state index contributed by atoms with van der Waals surface area (Å²) < 4.78 is 6.09. The van der Waals surface area contributed by atoms with Gasteiger partial charge in [0, 0.05) is 12.1 Å². The largest absolute Gasteiger partial charge is 0.490 e. The smallest absolute Gasteiger partial charge is 0.124 e. The Morgan fingerprint density at radius 3 is 2.76 bits per heavy atom. The van der Waals surface area contributed by atoms with Crippen LogP contribution in [0.5, 0.6) is 5.75 Å². The van der Waals surface area contributed by atoms with Crippen LogP contribution in [0, 0.1) is 6.92 Å². The fraction of sp³-hybridized carbons (Fsp3) is 0.571. The van der Waals surface area contributed by atoms with Crippen molar-refractivity contribution in [1.29, 1.82) is 0 Å². The first-order valence-electron chi connectivity index (χ1n) is 6.32. The van der Waals surface area contributed by atoms with E-state index in [1.54, 1.807) is 7.11 Å². The maximum absolute atomic E-state index is 6.09. The lowest BCUT2D eigenvalue weighted by atomic mass is 10.1. The molecule has 0 saturated heterocycles. The van der Waals surface area contributed by atoms with E-state index in [-0.39, 0.29) is 0 Å². The third-order valence-electron chi connectivity index (χ3n) is 3.36. The number of ether oxygens (including phenoxy) is 1. The van der Waals surface area contributed by atoms with Crippen molar-refractivity contribution in [2.75, 3.05) is 7.11 Å². The maximum atomic E-state index is 6.09. The van der Waals surface area contributed by atoms with Crippen LogP contribution in [0.1, 0.15) is 36.8 Å². The zero-order chi connectivity index (χ0) is 12.1. The molecule has 1 aromatic carbocycles. The molecule has 17 heavy (non-hydrogen) atoms. The number of aryl methyl sites for hydroxylation is 1. The van der Waals surface area contributed by atoms with Gasteiger partial charge in [0.25, 0.3) is 0 Å². The van der Waals surface area contributed by atoms with Gasteiger partial charge in [-0.1, -0.05) is 12.1 Å². The summed E-state index contributed by atoms with van der Waals surface area (Å²) in [6, 6.07) is 6.21. The topological polar surface area (TPSA) is 30.5 Å². The van der Waals surface area contributed by atoms with Gasteiger partial charge in [0.1, 0.15) is 5.75 Å². The van der Waals surface area contributed by atoms with Crippen molar-refractivity contribution >= 4 is 0 Å². The second kappa shape index (κ2) is 6.03. The summed E-state index contributed by atoms with van der Waals surface area (Å²) in [6.07, 6.45) is 5.36. The summed E-state index contributed by atoms with van der Waals surface area (Å²) in [4.78, 5) is 4.92. The van der Waals surface area contributed by atoms with Crippen LogP contribution in [0.2, 0.25) is 0 Å². The van der Waals surface area contributed by atoms with Gasteiger partial charge in [0.2, 0.25) is 0 Å². The van der Waals surface area contributed by atoms with Crippen LogP contribution in [0.15, 0.2) is 18.2 Å². The summed E-state index contributed by atoms with van der Waals surface area (Å²) in [5.74, 6) is 1.00. The number of nitrogens with one attached hydrogen (secondary N) is 1. The highest BCUT2D eigenvalue weighted by molar-refractivity contribution is 5.39. The van der Waals surface area contributed by atoms with E-state index < -0.39 is 0 Å². The molecule has 3 nitrogen and oxygen atoms in total. The molecule has 0 aliphatic heterocycles. The molecule has 0 unspecified atom stereocenters. The maximum Gasteiger partial charge on any atom is 0.124 e. The average molecular weight is 235 g/mol. The Morgan fingerprint density at radius 1 is 1.29 bits per heavy atom. The molecule has 0 radical (unpaired) electrons. The van der Waals surface area contributed by atoms with Gasteiger partial charge in [0.05, 0.1) is 13.2 Å². The molecule has 1 aliphatic rings. The van der Waals surface area contributed by atoms with Crippen LogP contribution in [0.25, 0.3) is 0 Å². The zero-order valence-corrected chi connectivity index (χ0v) is 10.7. The van der Waals surface area contributed by atoms with E-state index in [0.717, 1.165) is 5.75 Å². The van der Waals surface area contributed by atoms with Gasteiger partial charge in [-0.3, -0.25) is 0 Å². The minimum atomic E-state index is 0.401. The number of benzene rings is 1. The van der Waals surface area contributed by atoms with E-state index in [2.05, 4.69) is 30.6 Å². The number of hydroxylamine groups is 1. The monoisotopic (exact) mass is 235 g/mol. The highest BCUT2D eigenvalue weighted by atomic mass is 16.6. The first kappa shape index (κ1) is 12.4. The van der Waals surface area contributed by atoms with Crippen LogP contribution in [0.3, 0.4) is 0 Å². The zero-order valence-electron chi connectivity index (χ0n) is 10.7. The lowest BCUT2D eigenvalue weighted by Crippen LogP contribution is -2.16. The van der Waals surface area contributed by atoms with Crippen LogP contribution >= 0.6 is 0 Å². The minimum absolute atomic E-state index is 0.401. The van der Waals surface area contributed by atoms with Crippen LogP contribution in [0.4, 0.5) is 0 Å². The molecular formula is C14H21NO2. The first-order valence-corrected chi connectivity index (χ1v) is 6.32. The van der Waals surface area contributed by atoms with Crippen molar-refractivity contribution in [3.8, 4) is 5.75 Å². The molecule has 0 spiro atoms. The molecule has 0 atom stereocenters. The number of rotatable bonds is 5. The van der Waals surface area contributed by atoms with E-state index in [9.17, 15) is 0 Å². The fourth-order valence-corrected chi connectivity index (χ4v) is 2.34. The van der Waals surface area contributed by atoms with Gasteiger partial charge < -0.3 is 9.57 Å². The Labute approximate surface area is 103 Å². The third kappa shape index (κ3) is 3.20. The standard InChI is InChI=1S/C14H21NO2/c1-11-6-5-9-14(13(11)10-15-16-2)17-12-7-3-4-8-12/h5-6,9,12,15H,3-4,7-8,10H2,1-2H3. The van der Waals surface area contributed by atoms with Gasteiger partial charge in [-0.25, -0.2) is 0 Å². The Hall–Kier alpha value is -1.06. The van der Waals surface area contributed by atoms with Crippen molar-refractivity contribution in [3.05, 3.63) is 29.3 Å². The fourth-order valence-electron chi connectivity index (χ4n) is 2.34. The minimum Gasteiger partial charge on any atom is -0.490 e. The van der Waals surface area contributed by atoms with Crippen LogP contribution < -0.4 is 10.2 Å². The predicted octanol–water partition coefficient (Wildman–Crippen LogP) is 2.97. The quantitative estimate of drug-likeness (QED) is 0.796. The summed E-state index contributed by atoms with van der Waals surface area (Å²) in [7, 11) is 1.63. The molecule has 0 heterocycles. The van der Waals surface area contributed by atoms with Crippen LogP contribution in [-0.2, 0) is 11.4 Å². The Bertz CT molecular complexity index is 359. The SMILES string of the molecule is CONCc1c(C)cccc1OC1CCCC1. The lowest BCUT2D eigenvalue weighted by Gasteiger charge is -2.18. The van der Waals surface area contributed by atoms with Crippen molar-refractivity contribution in [2.45, 2.75) is 45.3 Å². The van der Waals surface area contributed by atoms with Gasteiger partial charge in [0.15, 0.2) is 0 Å². The molecule has 1 saturated carbocycles. The van der Waals surface area contributed by atoms with E-state index in [1.165, 1.54) is 36.8 Å². The second-order valence-electron chi connectivity index (χ2n) is 4.60. The Balaban J connectivity index is 2.10. The van der Waals surface area contributed by atoms with Crippen molar-refractivity contribution < 1.29 is 9.57 Å². The van der Waals surface area contributed by atoms with Gasteiger partial charge in [-0.15, -0.1) is 0 Å². The summed E-state index contributed by atoms with van der Waals surface area (Å²) in [6.45, 7) is 2.79. The van der Waals surface area contributed by atoms with Crippen LogP contribution in [-0.4, -0.2) is 13.2 Å². The normalized spacial score (nSPS) is 16.4. The number of hydrogen-bond donors (Lipinski definition) is 1. The van der Waals surface area contributed by atoms with Crippen molar-refractivity contribution in [3.63, 3.8) is 0 Å². The molecule has 0 bridgehead atoms. The molecule has 1 aromatic rings. The van der Waals surface area contributed by atoms with Crippen molar-refractivity contribution in [1.82, 2.24) is 5.48 Å². The predicted molar refractivity (Wildman–Crippen MR) is 67.9 cm³/mol. The Morgan fingerprint density at radius 2 is 2.06 bits per heavy atom. The van der Waals surface area contributed by atoms with E-state index >= 15 is 0 Å². The lowest BCUT2D eigenvalue weighted by molar-refractivity contribution is 0.0852. The Kier molecular flexibility index (Phi) is 4.40. The first-order chi connectivity index (χ1) is 8.31. The molecule has 1 N–H and O–H groups in total. The highest BCUT2D eigenvalue weighted by Crippen LogP contribution is 2.28. The molecule has 94 valence electrons. The number of hydrogen-bond acceptors (Lipinski definition) is 3. The van der Waals surface area contributed by atoms with Crippen molar-refractivity contribution in [2.24, 2.45) is 0 Å². The van der Waals surface area contributed by atoms with Gasteiger partial charge in [-0.05, 0) is 44.2 Å². The summed E-state index contributed by atoms with van der Waals surface area (Å²) in [5.41, 5.74) is 5.33. The summed E-state index contributed by atoms with van der Waals surface area (Å²) in [5, 5.41) is 0. The molecule has 3 heteroatoms. The van der Waals surface area contributed by atoms with E-state index in [1.807, 2.05) is 0 Å². The third-order valence-corrected chi connectivity index (χ3v) is 3.36. The molecule has 1 fully saturated rings. The highest BCUT2D eigenvalue weighted by Gasteiger charge is 2.18. The van der Waals surface area contributed by atoms with Gasteiger partial charge >= 0.3 is 0 Å².